The number of Topliss-reactive ketones (excluding diaryl/α,β-unsaturated/α-hetero) is 2. The maximum absolute atomic E-state index is 13.3. The van der Waals surface area contributed by atoms with Gasteiger partial charge in [-0.3, -0.25) is 14.4 Å². The summed E-state index contributed by atoms with van der Waals surface area (Å²) in [7, 11) is 0. The summed E-state index contributed by atoms with van der Waals surface area (Å²) in [5, 5.41) is 53.7. The van der Waals surface area contributed by atoms with Crippen molar-refractivity contribution in [3.63, 3.8) is 0 Å². The van der Waals surface area contributed by atoms with Gasteiger partial charge in [0.05, 0.1) is 11.7 Å². The molecule has 9 heteroatoms. The highest BCUT2D eigenvalue weighted by molar-refractivity contribution is 6.24. The molecule has 7 N–H and O–H groups in total. The lowest BCUT2D eigenvalue weighted by Gasteiger charge is -2.50. The molecule has 9 nitrogen and oxygen atoms in total. The molecule has 0 bridgehead atoms. The van der Waals surface area contributed by atoms with Gasteiger partial charge in [0, 0.05) is 29.4 Å². The van der Waals surface area contributed by atoms with Gasteiger partial charge in [-0.2, -0.15) is 0 Å². The van der Waals surface area contributed by atoms with Crippen LogP contribution in [0, 0.1) is 24.2 Å². The van der Waals surface area contributed by atoms with E-state index in [0.29, 0.717) is 11.1 Å². The van der Waals surface area contributed by atoms with Crippen LogP contribution in [0.15, 0.2) is 34.8 Å². The van der Waals surface area contributed by atoms with Gasteiger partial charge >= 0.3 is 0 Å². The number of hydrogen-bond donors (Lipinski definition) is 6. The number of phenols is 1. The van der Waals surface area contributed by atoms with E-state index in [1.807, 2.05) is 0 Å². The van der Waals surface area contributed by atoms with Crippen LogP contribution in [-0.2, 0) is 9.59 Å². The standard InChI is InChI=1S/C22H19NO8/c1-3-8-4-5-10(24)14-12(8)7(2)13-16(18(14)27)20(29)22(31)9(17(13)26)6-11(25)15(19(22)28)21(23)30/h1,4-5,7,9,13,17,24-26,29,31H,6H2,2H3,(H2,23,30)/t7-,9+,13+,17+,22+/m0/s1. The number of aromatic hydroxyl groups is 1. The fourth-order valence-corrected chi connectivity index (χ4v) is 5.20. The molecule has 0 fully saturated rings. The van der Waals surface area contributed by atoms with Crippen LogP contribution in [0.1, 0.15) is 40.7 Å². The third-order valence-electron chi connectivity index (χ3n) is 6.63. The Morgan fingerprint density at radius 1 is 1.26 bits per heavy atom. The van der Waals surface area contributed by atoms with Gasteiger partial charge in [0.25, 0.3) is 5.91 Å². The van der Waals surface area contributed by atoms with Gasteiger partial charge < -0.3 is 31.3 Å². The quantitative estimate of drug-likeness (QED) is 0.271. The predicted octanol–water partition coefficient (Wildman–Crippen LogP) is 0.0936. The van der Waals surface area contributed by atoms with Crippen molar-refractivity contribution in [2.75, 3.05) is 0 Å². The smallest absolute Gasteiger partial charge is 0.255 e. The van der Waals surface area contributed by atoms with Crippen LogP contribution in [0.4, 0.5) is 0 Å². The topological polar surface area (TPSA) is 178 Å². The summed E-state index contributed by atoms with van der Waals surface area (Å²) in [5.74, 6) is -6.68. The molecule has 1 aromatic rings. The first-order valence-electron chi connectivity index (χ1n) is 9.46. The minimum Gasteiger partial charge on any atom is -0.511 e. The van der Waals surface area contributed by atoms with Crippen LogP contribution in [0.25, 0.3) is 0 Å². The van der Waals surface area contributed by atoms with Crippen molar-refractivity contribution in [2.45, 2.75) is 31.0 Å². The van der Waals surface area contributed by atoms with Crippen molar-refractivity contribution >= 4 is 17.5 Å². The van der Waals surface area contributed by atoms with E-state index in [1.54, 1.807) is 6.92 Å². The van der Waals surface area contributed by atoms with Crippen LogP contribution in [-0.4, -0.2) is 54.7 Å². The van der Waals surface area contributed by atoms with Crippen molar-refractivity contribution in [1.82, 2.24) is 0 Å². The third-order valence-corrected chi connectivity index (χ3v) is 6.63. The highest BCUT2D eigenvalue weighted by atomic mass is 16.4. The number of ketones is 2. The highest BCUT2D eigenvalue weighted by Crippen LogP contribution is 2.55. The Kier molecular flexibility index (Phi) is 4.29. The van der Waals surface area contributed by atoms with Crippen LogP contribution in [0.2, 0.25) is 0 Å². The monoisotopic (exact) mass is 425 g/mol. The van der Waals surface area contributed by atoms with Crippen LogP contribution in [0.5, 0.6) is 5.75 Å². The van der Waals surface area contributed by atoms with Crippen molar-refractivity contribution in [2.24, 2.45) is 17.6 Å². The predicted molar refractivity (Wildman–Crippen MR) is 105 cm³/mol. The van der Waals surface area contributed by atoms with E-state index in [0.717, 1.165) is 0 Å². The molecule has 3 aliphatic carbocycles. The number of benzene rings is 1. The van der Waals surface area contributed by atoms with E-state index >= 15 is 0 Å². The van der Waals surface area contributed by atoms with Gasteiger partial charge in [-0.15, -0.1) is 6.42 Å². The molecule has 0 unspecified atom stereocenters. The zero-order chi connectivity index (χ0) is 23.0. The molecule has 1 amide bonds. The number of carbonyl (C=O) groups is 3. The minimum absolute atomic E-state index is 0.202. The second-order valence-electron chi connectivity index (χ2n) is 8.05. The number of rotatable bonds is 1. The fraction of sp³-hybridized carbons (Fsp3) is 0.318. The van der Waals surface area contributed by atoms with E-state index in [1.165, 1.54) is 12.1 Å². The minimum atomic E-state index is -2.85. The molecule has 0 heterocycles. The molecule has 3 aliphatic rings. The van der Waals surface area contributed by atoms with Gasteiger partial charge in [0.1, 0.15) is 22.8 Å². The summed E-state index contributed by atoms with van der Waals surface area (Å²) in [4.78, 5) is 37.9. The molecule has 0 saturated carbocycles. The average molecular weight is 425 g/mol. The summed E-state index contributed by atoms with van der Waals surface area (Å²) in [6.45, 7) is 1.62. The van der Waals surface area contributed by atoms with E-state index < -0.39 is 81.8 Å². The van der Waals surface area contributed by atoms with E-state index in [-0.39, 0.29) is 5.56 Å². The molecule has 0 saturated heterocycles. The zero-order valence-electron chi connectivity index (χ0n) is 16.3. The number of carbonyl (C=O) groups excluding carboxylic acids is 3. The molecule has 160 valence electrons. The normalized spacial score (nSPS) is 32.2. The lowest BCUT2D eigenvalue weighted by atomic mass is 9.56. The number of terminal acetylenes is 1. The van der Waals surface area contributed by atoms with Crippen molar-refractivity contribution in [3.05, 3.63) is 51.5 Å². The van der Waals surface area contributed by atoms with E-state index in [9.17, 15) is 39.9 Å². The molecule has 0 aromatic heterocycles. The number of phenolic OH excluding ortho intramolecular Hbond substituents is 1. The molecule has 5 atom stereocenters. The second kappa shape index (κ2) is 6.44. The Morgan fingerprint density at radius 2 is 1.90 bits per heavy atom. The van der Waals surface area contributed by atoms with E-state index in [4.69, 9.17) is 12.2 Å². The Bertz CT molecular complexity index is 1190. The first-order valence-corrected chi connectivity index (χ1v) is 9.46. The van der Waals surface area contributed by atoms with Crippen molar-refractivity contribution in [3.8, 4) is 18.1 Å². The third kappa shape index (κ3) is 2.37. The summed E-state index contributed by atoms with van der Waals surface area (Å²) in [5.41, 5.74) is 1.30. The number of aliphatic hydroxyl groups excluding tert-OH is 3. The summed E-state index contributed by atoms with van der Waals surface area (Å²) in [6.07, 6.45) is 3.41. The Morgan fingerprint density at radius 3 is 2.48 bits per heavy atom. The maximum atomic E-state index is 13.3. The number of nitrogens with two attached hydrogens (primary N) is 1. The van der Waals surface area contributed by atoms with Crippen molar-refractivity contribution < 1.29 is 39.9 Å². The molecule has 31 heavy (non-hydrogen) atoms. The molecular formula is C22H19NO8. The van der Waals surface area contributed by atoms with Gasteiger partial charge in [-0.25, -0.2) is 0 Å². The summed E-state index contributed by atoms with van der Waals surface area (Å²) in [6, 6.07) is 2.65. The van der Waals surface area contributed by atoms with Gasteiger partial charge in [0.15, 0.2) is 11.4 Å². The molecule has 0 radical (unpaired) electrons. The number of allylic oxidation sites excluding steroid dienone is 1. The van der Waals surface area contributed by atoms with Crippen LogP contribution >= 0.6 is 0 Å². The molecule has 1 aromatic carbocycles. The van der Waals surface area contributed by atoms with Gasteiger partial charge in [-0.1, -0.05) is 12.8 Å². The maximum Gasteiger partial charge on any atom is 0.255 e. The summed E-state index contributed by atoms with van der Waals surface area (Å²) >= 11 is 0. The number of fused-ring (bicyclic) bond motifs is 3. The molecule has 0 spiro atoms. The van der Waals surface area contributed by atoms with Gasteiger partial charge in [0.2, 0.25) is 5.78 Å². The number of hydrogen-bond acceptors (Lipinski definition) is 8. The molecule has 0 aliphatic heterocycles. The average Bonchev–Trinajstić information content (AvgIpc) is 2.70. The van der Waals surface area contributed by atoms with Crippen LogP contribution in [0.3, 0.4) is 0 Å². The Labute approximate surface area is 176 Å². The fourth-order valence-electron chi connectivity index (χ4n) is 5.20. The SMILES string of the molecule is C#Cc1ccc(O)c2c1[C@H](C)[C@@H]1C(=C(O)[C@]3(O)C(=O)C(C(N)=O)=C(O)C[C@@H]3[C@H]1O)C2=O. The number of amides is 1. The number of primary amides is 1. The lowest BCUT2D eigenvalue weighted by molar-refractivity contribution is -0.154. The van der Waals surface area contributed by atoms with E-state index in [2.05, 4.69) is 5.92 Å². The first-order chi connectivity index (χ1) is 14.5. The Balaban J connectivity index is 2.03. The molecule has 4 rings (SSSR count). The largest absolute Gasteiger partial charge is 0.511 e. The molecular weight excluding hydrogens is 406 g/mol. The Hall–Kier alpha value is -3.61. The van der Waals surface area contributed by atoms with Crippen molar-refractivity contribution in [1.29, 1.82) is 0 Å². The van der Waals surface area contributed by atoms with Crippen LogP contribution < -0.4 is 5.73 Å². The zero-order valence-corrected chi connectivity index (χ0v) is 16.3. The van der Waals surface area contributed by atoms with Gasteiger partial charge in [-0.05, 0) is 23.6 Å². The lowest BCUT2D eigenvalue weighted by Crippen LogP contribution is -2.62. The number of aliphatic hydroxyl groups is 4. The second-order valence-corrected chi connectivity index (χ2v) is 8.05. The summed E-state index contributed by atoms with van der Waals surface area (Å²) < 4.78 is 0. The first kappa shape index (κ1) is 20.7. The highest BCUT2D eigenvalue weighted by Gasteiger charge is 2.64.